The Morgan fingerprint density at radius 2 is 1.38 bits per heavy atom. The van der Waals surface area contributed by atoms with Crippen LogP contribution >= 0.6 is 0 Å². The zero-order valence-electron chi connectivity index (χ0n) is 22.6. The number of aliphatic hydroxyl groups excluding tert-OH is 6. The molecule has 0 amide bonds. The Hall–Kier alpha value is -0.770. The molecule has 4 aliphatic rings. The normalized spacial score (nSPS) is 49.9. The van der Waals surface area contributed by atoms with E-state index in [1.165, 1.54) is 0 Å². The Balaban J connectivity index is 0.000000892. The molecule has 1 unspecified atom stereocenters. The summed E-state index contributed by atoms with van der Waals surface area (Å²) in [6.45, 7) is -0.508. The van der Waals surface area contributed by atoms with Gasteiger partial charge in [0.2, 0.25) is 0 Å². The van der Waals surface area contributed by atoms with Crippen molar-refractivity contribution in [3.05, 3.63) is 0 Å². The van der Waals surface area contributed by atoms with Gasteiger partial charge in [-0.25, -0.2) is 0 Å². The molecule has 3 saturated heterocycles. The van der Waals surface area contributed by atoms with E-state index in [0.717, 1.165) is 0 Å². The van der Waals surface area contributed by atoms with Crippen molar-refractivity contribution in [1.82, 2.24) is 5.32 Å². The molecular formula is C21H43N5O15S. The minimum Gasteiger partial charge on any atom is -0.394 e. The number of likely N-dealkylation sites (N-methyl/N-ethyl adjacent to an activating group) is 1. The smallest absolute Gasteiger partial charge is 0.394 e. The van der Waals surface area contributed by atoms with Gasteiger partial charge in [-0.2, -0.15) is 8.42 Å². The maximum atomic E-state index is 11.1. The van der Waals surface area contributed by atoms with Gasteiger partial charge in [-0.15, -0.1) is 0 Å². The van der Waals surface area contributed by atoms with Crippen LogP contribution in [-0.2, 0) is 34.1 Å². The van der Waals surface area contributed by atoms with E-state index < -0.39 is 121 Å². The molecule has 0 aromatic carbocycles. The molecule has 4 fully saturated rings. The van der Waals surface area contributed by atoms with E-state index in [0.29, 0.717) is 0 Å². The summed E-state index contributed by atoms with van der Waals surface area (Å²) in [7, 11) is -3.11. The van der Waals surface area contributed by atoms with Gasteiger partial charge in [-0.1, -0.05) is 0 Å². The minimum atomic E-state index is -4.67. The summed E-state index contributed by atoms with van der Waals surface area (Å²) in [6.07, 6.45) is -13.7. The van der Waals surface area contributed by atoms with Gasteiger partial charge in [0, 0.05) is 12.1 Å². The topological polar surface area (TPSA) is 358 Å². The highest BCUT2D eigenvalue weighted by atomic mass is 32.3. The Labute approximate surface area is 241 Å². The first-order valence-electron chi connectivity index (χ1n) is 13.2. The van der Waals surface area contributed by atoms with Crippen molar-refractivity contribution in [2.45, 2.75) is 117 Å². The Morgan fingerprint density at radius 1 is 0.762 bits per heavy atom. The zero-order valence-corrected chi connectivity index (χ0v) is 23.4. The van der Waals surface area contributed by atoms with Crippen LogP contribution in [0, 0.1) is 0 Å². The summed E-state index contributed by atoms with van der Waals surface area (Å²) in [5.74, 6) is 0. The van der Waals surface area contributed by atoms with Crippen molar-refractivity contribution >= 4 is 10.4 Å². The predicted octanol–water partition coefficient (Wildman–Crippen LogP) is -7.60. The van der Waals surface area contributed by atoms with E-state index in [2.05, 4.69) is 5.32 Å². The Kier molecular flexibility index (Phi) is 12.4. The first kappa shape index (κ1) is 35.7. The second-order valence-electron chi connectivity index (χ2n) is 10.7. The third kappa shape index (κ3) is 8.28. The number of hydrogen-bond acceptors (Lipinski definition) is 18. The third-order valence-electron chi connectivity index (χ3n) is 7.74. The molecule has 1 aliphatic carbocycles. The number of aliphatic hydroxyl groups is 6. The average Bonchev–Trinajstić information content (AvgIpc) is 2.90. The molecule has 0 aromatic heterocycles. The summed E-state index contributed by atoms with van der Waals surface area (Å²) < 4.78 is 60.8. The quantitative estimate of drug-likeness (QED) is 0.120. The first-order chi connectivity index (χ1) is 19.5. The molecular weight excluding hydrogens is 594 g/mol. The SMILES string of the molecule is CN[C@@H]1[C@@H](O[C@H]2O[C@H](CO)[C@@H](N)[C@H](O)[C@H]2O)O[C@H]2C[C@@H](N)[C@@H](OC3[C@@H](N)C[C@@H](N)[C@H](O)[C@H]3O)O[C@@H]2[C@@H]1O.O=S(=O)(O)O. The maximum absolute atomic E-state index is 11.1. The molecule has 1 saturated carbocycles. The Bertz CT molecular complexity index is 960. The second-order valence-corrected chi connectivity index (χ2v) is 11.6. The summed E-state index contributed by atoms with van der Waals surface area (Å²) >= 11 is 0. The van der Waals surface area contributed by atoms with Crippen LogP contribution in [0.5, 0.6) is 0 Å². The molecule has 21 heteroatoms. The molecule has 0 bridgehead atoms. The van der Waals surface area contributed by atoms with Crippen LogP contribution in [0.25, 0.3) is 0 Å². The largest absolute Gasteiger partial charge is 0.394 e. The summed E-state index contributed by atoms with van der Waals surface area (Å²) in [5.41, 5.74) is 24.0. The lowest BCUT2D eigenvalue weighted by atomic mass is 9.84. The van der Waals surface area contributed by atoms with E-state index in [-0.39, 0.29) is 12.8 Å². The molecule has 0 aromatic rings. The number of nitrogens with one attached hydrogen (secondary N) is 1. The van der Waals surface area contributed by atoms with Gasteiger partial charge in [0.05, 0.1) is 36.9 Å². The maximum Gasteiger partial charge on any atom is 0.394 e. The standard InChI is InChI=1S/C21H41N5O11.H2O4S/c1-26-11-14(30)18-8(33-20(11)37-21-16(32)13(29)10(25)9(4-27)34-21)3-7(24)19(36-18)35-17-6(23)2-5(22)12(28)15(17)31;1-5(2,3)4/h5-21,26-32H,2-4,22-25H2,1H3;(H2,1,2,3,4)/t5-,6+,7-,8+,9-,10-,11+,12+,13+,14-,15-,16-,17?,18+,19+,20-,21-;/m1./s1. The fourth-order valence-electron chi connectivity index (χ4n) is 5.46. The monoisotopic (exact) mass is 637 g/mol. The van der Waals surface area contributed by atoms with Crippen molar-refractivity contribution < 1.29 is 71.8 Å². The number of hydrogen-bond donors (Lipinski definition) is 13. The number of rotatable bonds is 6. The van der Waals surface area contributed by atoms with E-state index in [1.54, 1.807) is 7.05 Å². The van der Waals surface area contributed by atoms with Gasteiger partial charge in [0.15, 0.2) is 18.9 Å². The van der Waals surface area contributed by atoms with Crippen LogP contribution in [0.2, 0.25) is 0 Å². The summed E-state index contributed by atoms with van der Waals surface area (Å²) in [4.78, 5) is 0. The van der Waals surface area contributed by atoms with Crippen LogP contribution in [0.1, 0.15) is 12.8 Å². The molecule has 3 aliphatic heterocycles. The lowest BCUT2D eigenvalue weighted by Crippen LogP contribution is -2.70. The molecule has 4 rings (SSSR count). The van der Waals surface area contributed by atoms with Crippen molar-refractivity contribution in [1.29, 1.82) is 0 Å². The lowest BCUT2D eigenvalue weighted by molar-refractivity contribution is -0.373. The van der Waals surface area contributed by atoms with E-state index >= 15 is 0 Å². The number of nitrogens with two attached hydrogens (primary N) is 4. The van der Waals surface area contributed by atoms with Gasteiger partial charge < -0.3 is 82.6 Å². The molecule has 248 valence electrons. The molecule has 0 radical (unpaired) electrons. The third-order valence-corrected chi connectivity index (χ3v) is 7.74. The van der Waals surface area contributed by atoms with Gasteiger partial charge in [0.25, 0.3) is 0 Å². The average molecular weight is 638 g/mol. The fourth-order valence-corrected chi connectivity index (χ4v) is 5.46. The van der Waals surface area contributed by atoms with Gasteiger partial charge in [0.1, 0.15) is 42.7 Å². The van der Waals surface area contributed by atoms with Crippen LogP contribution < -0.4 is 28.3 Å². The van der Waals surface area contributed by atoms with Crippen molar-refractivity contribution in [3.63, 3.8) is 0 Å². The molecule has 17 N–H and O–H groups in total. The van der Waals surface area contributed by atoms with Gasteiger partial charge in [-0.3, -0.25) is 9.11 Å². The molecule has 20 nitrogen and oxygen atoms in total. The number of fused-ring (bicyclic) bond motifs is 1. The molecule has 42 heavy (non-hydrogen) atoms. The van der Waals surface area contributed by atoms with Gasteiger partial charge >= 0.3 is 10.4 Å². The predicted molar refractivity (Wildman–Crippen MR) is 137 cm³/mol. The van der Waals surface area contributed by atoms with Crippen LogP contribution in [0.4, 0.5) is 0 Å². The van der Waals surface area contributed by atoms with Crippen LogP contribution in [-0.4, -0.2) is 166 Å². The minimum absolute atomic E-state index is 0.156. The van der Waals surface area contributed by atoms with E-state index in [1.807, 2.05) is 0 Å². The second kappa shape index (κ2) is 14.6. The summed E-state index contributed by atoms with van der Waals surface area (Å²) in [6, 6.07) is -4.05. The fraction of sp³-hybridized carbons (Fsp3) is 1.00. The van der Waals surface area contributed by atoms with Crippen molar-refractivity contribution in [2.75, 3.05) is 13.7 Å². The molecule has 0 spiro atoms. The first-order valence-corrected chi connectivity index (χ1v) is 14.6. The van der Waals surface area contributed by atoms with E-state index in [9.17, 15) is 30.6 Å². The highest BCUT2D eigenvalue weighted by Crippen LogP contribution is 2.35. The van der Waals surface area contributed by atoms with E-state index in [4.69, 9.17) is 64.1 Å². The van der Waals surface area contributed by atoms with Gasteiger partial charge in [-0.05, 0) is 19.9 Å². The number of ether oxygens (including phenoxy) is 5. The lowest BCUT2D eigenvalue weighted by Gasteiger charge is -2.51. The highest BCUT2D eigenvalue weighted by Gasteiger charge is 2.54. The van der Waals surface area contributed by atoms with Crippen LogP contribution in [0.3, 0.4) is 0 Å². The van der Waals surface area contributed by atoms with Crippen LogP contribution in [0.15, 0.2) is 0 Å². The van der Waals surface area contributed by atoms with Crippen molar-refractivity contribution in [2.24, 2.45) is 22.9 Å². The highest BCUT2D eigenvalue weighted by molar-refractivity contribution is 7.79. The zero-order chi connectivity index (χ0) is 31.7. The molecule has 17 atom stereocenters. The summed E-state index contributed by atoms with van der Waals surface area (Å²) in [5, 5.41) is 64.7. The Morgan fingerprint density at radius 3 is 1.95 bits per heavy atom. The van der Waals surface area contributed by atoms with Crippen molar-refractivity contribution in [3.8, 4) is 0 Å². The molecule has 3 heterocycles.